The van der Waals surface area contributed by atoms with Gasteiger partial charge in [0, 0.05) is 52.4 Å². The van der Waals surface area contributed by atoms with Crippen LogP contribution in [0.25, 0.3) is 0 Å². The van der Waals surface area contributed by atoms with E-state index in [-0.39, 0.29) is 39.3 Å². The highest BCUT2D eigenvalue weighted by atomic mass is 16.3. The van der Waals surface area contributed by atoms with Gasteiger partial charge in [0.1, 0.15) is 0 Å². The van der Waals surface area contributed by atoms with E-state index in [0.717, 1.165) is 0 Å². The molecule has 0 aliphatic heterocycles. The number of rotatable bonds is 15. The van der Waals surface area contributed by atoms with E-state index >= 15 is 0 Å². The summed E-state index contributed by atoms with van der Waals surface area (Å²) in [5.41, 5.74) is 10.8. The SMILES string of the molecule is C=CCN(CC(O)CN)CC(O)C(O)CN(CC=C)CC(O)CN. The Balaban J connectivity index is 4.59. The highest BCUT2D eigenvalue weighted by molar-refractivity contribution is 4.83. The molecular weight excluding hydrogens is 312 g/mol. The van der Waals surface area contributed by atoms with Gasteiger partial charge < -0.3 is 31.9 Å². The number of nitrogens with two attached hydrogens (primary N) is 2. The molecular formula is C16H34N4O4. The van der Waals surface area contributed by atoms with Crippen molar-refractivity contribution in [3.8, 4) is 0 Å². The first-order valence-electron chi connectivity index (χ1n) is 8.16. The molecule has 0 radical (unpaired) electrons. The highest BCUT2D eigenvalue weighted by Gasteiger charge is 2.23. The van der Waals surface area contributed by atoms with Crippen molar-refractivity contribution in [1.82, 2.24) is 9.80 Å². The quantitative estimate of drug-likeness (QED) is 0.176. The smallest absolute Gasteiger partial charge is 0.0938 e. The molecule has 0 saturated carbocycles. The molecule has 0 fully saturated rings. The minimum atomic E-state index is -1.02. The Morgan fingerprint density at radius 3 is 1.29 bits per heavy atom. The van der Waals surface area contributed by atoms with Gasteiger partial charge in [-0.2, -0.15) is 0 Å². The molecule has 4 unspecified atom stereocenters. The molecule has 0 aliphatic carbocycles. The third kappa shape index (κ3) is 10.1. The van der Waals surface area contributed by atoms with Crippen molar-refractivity contribution in [3.05, 3.63) is 25.3 Å². The maximum Gasteiger partial charge on any atom is 0.0938 e. The first-order valence-corrected chi connectivity index (χ1v) is 8.16. The van der Waals surface area contributed by atoms with Gasteiger partial charge in [-0.15, -0.1) is 13.2 Å². The molecule has 4 atom stereocenters. The average Bonchev–Trinajstić information content (AvgIpc) is 2.54. The summed E-state index contributed by atoms with van der Waals surface area (Å²) in [7, 11) is 0. The monoisotopic (exact) mass is 346 g/mol. The number of aliphatic hydroxyl groups is 4. The molecule has 0 aliphatic rings. The van der Waals surface area contributed by atoms with Crippen LogP contribution < -0.4 is 11.5 Å². The lowest BCUT2D eigenvalue weighted by atomic mass is 10.1. The zero-order valence-electron chi connectivity index (χ0n) is 14.4. The minimum absolute atomic E-state index is 0.121. The fraction of sp³-hybridized carbons (Fsp3) is 0.750. The van der Waals surface area contributed by atoms with Crippen molar-refractivity contribution in [2.24, 2.45) is 11.5 Å². The van der Waals surface area contributed by atoms with Gasteiger partial charge in [0.15, 0.2) is 0 Å². The molecule has 8 nitrogen and oxygen atoms in total. The Morgan fingerprint density at radius 1 is 0.708 bits per heavy atom. The van der Waals surface area contributed by atoms with Crippen LogP contribution in [0.3, 0.4) is 0 Å². The lowest BCUT2D eigenvalue weighted by Crippen LogP contribution is -2.48. The Hall–Kier alpha value is -0.840. The minimum Gasteiger partial charge on any atom is -0.390 e. The molecule has 0 heterocycles. The summed E-state index contributed by atoms with van der Waals surface area (Å²) in [6.45, 7) is 9.37. The summed E-state index contributed by atoms with van der Waals surface area (Å²) < 4.78 is 0. The van der Waals surface area contributed by atoms with Crippen LogP contribution in [-0.4, -0.2) is 107 Å². The maximum absolute atomic E-state index is 10.2. The van der Waals surface area contributed by atoms with Crippen LogP contribution in [-0.2, 0) is 0 Å². The molecule has 142 valence electrons. The van der Waals surface area contributed by atoms with Gasteiger partial charge in [0.2, 0.25) is 0 Å². The Labute approximate surface area is 144 Å². The van der Waals surface area contributed by atoms with Crippen molar-refractivity contribution in [2.75, 3.05) is 52.4 Å². The van der Waals surface area contributed by atoms with Crippen LogP contribution in [0.15, 0.2) is 25.3 Å². The third-order valence-electron chi connectivity index (χ3n) is 3.59. The van der Waals surface area contributed by atoms with E-state index in [0.29, 0.717) is 13.1 Å². The molecule has 8 heteroatoms. The molecule has 0 bridgehead atoms. The molecule has 0 aromatic rings. The van der Waals surface area contributed by atoms with Gasteiger partial charge in [0.25, 0.3) is 0 Å². The van der Waals surface area contributed by atoms with Crippen LogP contribution in [0.2, 0.25) is 0 Å². The predicted molar refractivity (Wildman–Crippen MR) is 95.4 cm³/mol. The Bertz CT molecular complexity index is 314. The van der Waals surface area contributed by atoms with E-state index in [2.05, 4.69) is 13.2 Å². The molecule has 0 rings (SSSR count). The van der Waals surface area contributed by atoms with Gasteiger partial charge >= 0.3 is 0 Å². The number of hydrogen-bond donors (Lipinski definition) is 6. The lowest BCUT2D eigenvalue weighted by Gasteiger charge is -2.31. The first-order chi connectivity index (χ1) is 11.4. The second-order valence-corrected chi connectivity index (χ2v) is 5.93. The van der Waals surface area contributed by atoms with E-state index in [1.54, 1.807) is 22.0 Å². The molecule has 0 aromatic carbocycles. The molecule has 8 N–H and O–H groups in total. The standard InChI is InChI=1S/C16H34N4O4/c1-3-5-19(9-13(21)7-17)11-15(23)16(24)12-20(6-4-2)10-14(22)8-18/h3-4,13-16,21-24H,1-2,5-12,17-18H2. The molecule has 0 aromatic heterocycles. The number of aliphatic hydroxyl groups excluding tert-OH is 4. The predicted octanol–water partition coefficient (Wildman–Crippen LogP) is -2.68. The Morgan fingerprint density at radius 2 is 1.04 bits per heavy atom. The van der Waals surface area contributed by atoms with E-state index in [1.807, 2.05) is 0 Å². The largest absolute Gasteiger partial charge is 0.390 e. The third-order valence-corrected chi connectivity index (χ3v) is 3.59. The summed E-state index contributed by atoms with van der Waals surface area (Å²) >= 11 is 0. The summed E-state index contributed by atoms with van der Waals surface area (Å²) in [5.74, 6) is 0. The normalized spacial score (nSPS) is 16.8. The molecule has 0 saturated heterocycles. The fourth-order valence-electron chi connectivity index (χ4n) is 2.33. The molecule has 0 amide bonds. The van der Waals surface area contributed by atoms with E-state index in [9.17, 15) is 20.4 Å². The second-order valence-electron chi connectivity index (χ2n) is 5.93. The van der Waals surface area contributed by atoms with E-state index in [1.165, 1.54) is 0 Å². The van der Waals surface area contributed by atoms with Crippen LogP contribution in [0, 0.1) is 0 Å². The highest BCUT2D eigenvalue weighted by Crippen LogP contribution is 2.04. The van der Waals surface area contributed by atoms with Crippen molar-refractivity contribution in [2.45, 2.75) is 24.4 Å². The Kier molecular flexibility index (Phi) is 13.0. The zero-order valence-corrected chi connectivity index (χ0v) is 14.4. The molecule has 24 heavy (non-hydrogen) atoms. The number of hydrogen-bond acceptors (Lipinski definition) is 8. The van der Waals surface area contributed by atoms with Crippen LogP contribution in [0.1, 0.15) is 0 Å². The van der Waals surface area contributed by atoms with Crippen molar-refractivity contribution >= 4 is 0 Å². The van der Waals surface area contributed by atoms with Crippen molar-refractivity contribution in [3.63, 3.8) is 0 Å². The molecule has 0 spiro atoms. The lowest BCUT2D eigenvalue weighted by molar-refractivity contribution is -0.0260. The van der Waals surface area contributed by atoms with Crippen LogP contribution in [0.4, 0.5) is 0 Å². The van der Waals surface area contributed by atoms with Gasteiger partial charge in [-0.3, -0.25) is 9.80 Å². The summed E-state index contributed by atoms with van der Waals surface area (Å²) in [5, 5.41) is 39.7. The summed E-state index contributed by atoms with van der Waals surface area (Å²) in [6, 6.07) is 0. The van der Waals surface area contributed by atoms with Gasteiger partial charge in [-0.1, -0.05) is 12.2 Å². The van der Waals surface area contributed by atoms with Gasteiger partial charge in [-0.25, -0.2) is 0 Å². The zero-order chi connectivity index (χ0) is 18.5. The number of nitrogens with zero attached hydrogens (tertiary/aromatic N) is 2. The maximum atomic E-state index is 10.2. The topological polar surface area (TPSA) is 139 Å². The van der Waals surface area contributed by atoms with E-state index in [4.69, 9.17) is 11.5 Å². The van der Waals surface area contributed by atoms with Gasteiger partial charge in [-0.05, 0) is 0 Å². The van der Waals surface area contributed by atoms with Gasteiger partial charge in [0.05, 0.1) is 24.4 Å². The summed E-state index contributed by atoms with van der Waals surface area (Å²) in [4.78, 5) is 3.54. The van der Waals surface area contributed by atoms with Crippen LogP contribution >= 0.6 is 0 Å². The van der Waals surface area contributed by atoms with E-state index < -0.39 is 24.4 Å². The first kappa shape index (κ1) is 23.2. The fourth-order valence-corrected chi connectivity index (χ4v) is 2.33. The van der Waals surface area contributed by atoms with Crippen LogP contribution in [0.5, 0.6) is 0 Å². The second kappa shape index (κ2) is 13.5. The van der Waals surface area contributed by atoms with Crippen molar-refractivity contribution in [1.29, 1.82) is 0 Å². The average molecular weight is 346 g/mol. The summed E-state index contributed by atoms with van der Waals surface area (Å²) in [6.07, 6.45) is -0.125. The van der Waals surface area contributed by atoms with Crippen molar-refractivity contribution < 1.29 is 20.4 Å².